The van der Waals surface area contributed by atoms with Crippen LogP contribution in [0.5, 0.6) is 0 Å². The van der Waals surface area contributed by atoms with Crippen molar-refractivity contribution in [3.8, 4) is 0 Å². The van der Waals surface area contributed by atoms with Crippen LogP contribution in [0.2, 0.25) is 10.0 Å². The fraction of sp³-hybridized carbons (Fsp3) is 0.0714. The monoisotopic (exact) mass is 387 g/mol. The molecule has 2 nitrogen and oxygen atoms in total. The number of thiophene rings is 1. The molecule has 0 atom stereocenters. The largest absolute Gasteiger partial charge is 0.360 e. The van der Waals surface area contributed by atoms with Crippen LogP contribution in [-0.4, -0.2) is 10.8 Å². The third-order valence-electron chi connectivity index (χ3n) is 3.02. The molecular weight excluding hydrogens is 381 g/mol. The topological polar surface area (TPSA) is 32.9 Å². The Kier molecular flexibility index (Phi) is 3.67. The van der Waals surface area contributed by atoms with Crippen LogP contribution in [0.25, 0.3) is 10.9 Å². The number of aryl methyl sites for hydroxylation is 1. The number of H-pyrrole nitrogens is 1. The van der Waals surface area contributed by atoms with E-state index in [1.165, 1.54) is 11.3 Å². The van der Waals surface area contributed by atoms with Crippen LogP contribution in [0.3, 0.4) is 0 Å². The third kappa shape index (κ3) is 2.31. The molecule has 0 bridgehead atoms. The molecule has 3 aromatic rings. The fourth-order valence-corrected chi connectivity index (χ4v) is 4.15. The number of nitrogens with one attached hydrogen (secondary N) is 1. The summed E-state index contributed by atoms with van der Waals surface area (Å²) < 4.78 is 0.967. The predicted molar refractivity (Wildman–Crippen MR) is 88.5 cm³/mol. The van der Waals surface area contributed by atoms with E-state index in [-0.39, 0.29) is 5.78 Å². The predicted octanol–water partition coefficient (Wildman–Crippen LogP) is 5.84. The summed E-state index contributed by atoms with van der Waals surface area (Å²) in [6.45, 7) is 1.96. The van der Waals surface area contributed by atoms with Gasteiger partial charge in [0.15, 0.2) is 0 Å². The van der Waals surface area contributed by atoms with Gasteiger partial charge in [0.2, 0.25) is 5.78 Å². The van der Waals surface area contributed by atoms with Crippen molar-refractivity contribution in [2.24, 2.45) is 0 Å². The molecule has 2 heterocycles. The van der Waals surface area contributed by atoms with Crippen LogP contribution >= 0.6 is 50.5 Å². The smallest absolute Gasteiger partial charge is 0.205 e. The molecule has 0 amide bonds. The van der Waals surface area contributed by atoms with Crippen LogP contribution in [0.4, 0.5) is 0 Å². The molecule has 102 valence electrons. The van der Waals surface area contributed by atoms with E-state index < -0.39 is 0 Å². The van der Waals surface area contributed by atoms with Crippen LogP contribution in [0.15, 0.2) is 28.2 Å². The highest BCUT2D eigenvalue weighted by Gasteiger charge is 2.19. The molecule has 2 aromatic heterocycles. The zero-order valence-corrected chi connectivity index (χ0v) is 14.2. The molecule has 1 N–H and O–H groups in total. The second-order valence-corrected chi connectivity index (χ2v) is 7.62. The Morgan fingerprint density at radius 2 is 2.05 bits per heavy atom. The lowest BCUT2D eigenvalue weighted by molar-refractivity contribution is 0.104. The van der Waals surface area contributed by atoms with Crippen molar-refractivity contribution >= 4 is 67.2 Å². The number of hydrogen-bond donors (Lipinski definition) is 1. The van der Waals surface area contributed by atoms with Gasteiger partial charge in [-0.05, 0) is 46.6 Å². The number of fused-ring (bicyclic) bond motifs is 1. The van der Waals surface area contributed by atoms with Crippen molar-refractivity contribution in [1.29, 1.82) is 0 Å². The molecule has 3 rings (SSSR count). The fourth-order valence-electron chi connectivity index (χ4n) is 2.07. The van der Waals surface area contributed by atoms with Gasteiger partial charge in [-0.25, -0.2) is 0 Å². The average molecular weight is 389 g/mol. The zero-order valence-electron chi connectivity index (χ0n) is 10.3. The average Bonchev–Trinajstić information content (AvgIpc) is 2.93. The Hall–Kier alpha value is -0.810. The lowest BCUT2D eigenvalue weighted by Gasteiger charge is -2.00. The molecule has 0 saturated carbocycles. The maximum atomic E-state index is 12.6. The van der Waals surface area contributed by atoms with Gasteiger partial charge in [0.1, 0.15) is 0 Å². The number of aromatic nitrogens is 1. The number of halogens is 3. The minimum atomic E-state index is -0.0423. The van der Waals surface area contributed by atoms with Crippen LogP contribution in [-0.2, 0) is 0 Å². The van der Waals surface area contributed by atoms with Crippen molar-refractivity contribution in [3.63, 3.8) is 0 Å². The minimum Gasteiger partial charge on any atom is -0.360 e. The van der Waals surface area contributed by atoms with Crippen molar-refractivity contribution in [1.82, 2.24) is 4.98 Å². The van der Waals surface area contributed by atoms with Gasteiger partial charge in [-0.3, -0.25) is 4.79 Å². The van der Waals surface area contributed by atoms with Crippen LogP contribution in [0, 0.1) is 6.92 Å². The Morgan fingerprint density at radius 1 is 1.30 bits per heavy atom. The summed E-state index contributed by atoms with van der Waals surface area (Å²) in [6, 6.07) is 5.28. The first kappa shape index (κ1) is 14.1. The van der Waals surface area contributed by atoms with E-state index in [1.54, 1.807) is 18.3 Å². The van der Waals surface area contributed by atoms with E-state index in [1.807, 2.05) is 13.0 Å². The van der Waals surface area contributed by atoms with Gasteiger partial charge in [0.05, 0.1) is 19.2 Å². The summed E-state index contributed by atoms with van der Waals surface area (Å²) >= 11 is 17.0. The summed E-state index contributed by atoms with van der Waals surface area (Å²) in [5.41, 5.74) is 2.38. The van der Waals surface area contributed by atoms with Crippen molar-refractivity contribution in [2.45, 2.75) is 6.92 Å². The van der Waals surface area contributed by atoms with Crippen molar-refractivity contribution in [2.75, 3.05) is 0 Å². The van der Waals surface area contributed by atoms with Gasteiger partial charge >= 0.3 is 0 Å². The van der Waals surface area contributed by atoms with E-state index in [2.05, 4.69) is 20.9 Å². The molecule has 0 aliphatic heterocycles. The van der Waals surface area contributed by atoms with Crippen LogP contribution < -0.4 is 0 Å². The summed E-state index contributed by atoms with van der Waals surface area (Å²) in [5, 5.41) is 1.73. The molecule has 1 aromatic carbocycles. The highest BCUT2D eigenvalue weighted by molar-refractivity contribution is 9.11. The Morgan fingerprint density at radius 3 is 2.70 bits per heavy atom. The Labute approximate surface area is 137 Å². The maximum absolute atomic E-state index is 12.6. The molecule has 0 unspecified atom stereocenters. The maximum Gasteiger partial charge on any atom is 0.205 e. The Balaban J connectivity index is 2.17. The second-order valence-electron chi connectivity index (χ2n) is 4.41. The molecule has 0 saturated heterocycles. The number of carbonyl (C=O) groups is 1. The summed E-state index contributed by atoms with van der Waals surface area (Å²) in [6.07, 6.45) is 1.68. The number of ketones is 1. The van der Waals surface area contributed by atoms with E-state index in [0.717, 1.165) is 14.9 Å². The van der Waals surface area contributed by atoms with Gasteiger partial charge in [-0.1, -0.05) is 23.2 Å². The zero-order chi connectivity index (χ0) is 14.4. The van der Waals surface area contributed by atoms with Gasteiger partial charge < -0.3 is 4.98 Å². The quantitative estimate of drug-likeness (QED) is 0.549. The molecule has 20 heavy (non-hydrogen) atoms. The SMILES string of the molecule is Cc1cc(C(=O)c2c[nH]c3cc(Cl)cc(Cl)c23)sc1Br. The Bertz CT molecular complexity index is 818. The van der Waals surface area contributed by atoms with E-state index >= 15 is 0 Å². The third-order valence-corrected chi connectivity index (χ3v) is 5.67. The number of rotatable bonds is 2. The lowest BCUT2D eigenvalue weighted by atomic mass is 10.1. The number of benzene rings is 1. The normalized spacial score (nSPS) is 11.2. The summed E-state index contributed by atoms with van der Waals surface area (Å²) in [5.74, 6) is -0.0423. The molecule has 0 fully saturated rings. The number of hydrogen-bond acceptors (Lipinski definition) is 2. The molecule has 0 spiro atoms. The summed E-state index contributed by atoms with van der Waals surface area (Å²) in [4.78, 5) is 16.3. The second kappa shape index (κ2) is 5.19. The molecule has 0 aliphatic carbocycles. The molecular formula is C14H8BrCl2NOS. The van der Waals surface area contributed by atoms with E-state index in [0.29, 0.717) is 25.9 Å². The van der Waals surface area contributed by atoms with Gasteiger partial charge in [0, 0.05) is 22.1 Å². The lowest BCUT2D eigenvalue weighted by Crippen LogP contribution is -1.97. The van der Waals surface area contributed by atoms with Gasteiger partial charge in [0.25, 0.3) is 0 Å². The first-order valence-corrected chi connectivity index (χ1v) is 8.10. The van der Waals surface area contributed by atoms with Gasteiger partial charge in [-0.15, -0.1) is 11.3 Å². The molecule has 0 aliphatic rings. The van der Waals surface area contributed by atoms with E-state index in [9.17, 15) is 4.79 Å². The number of aromatic amines is 1. The molecule has 0 radical (unpaired) electrons. The highest BCUT2D eigenvalue weighted by Crippen LogP contribution is 2.34. The summed E-state index contributed by atoms with van der Waals surface area (Å²) in [7, 11) is 0. The first-order chi connectivity index (χ1) is 9.47. The van der Waals surface area contributed by atoms with E-state index in [4.69, 9.17) is 23.2 Å². The van der Waals surface area contributed by atoms with Crippen molar-refractivity contribution < 1.29 is 4.79 Å². The first-order valence-electron chi connectivity index (χ1n) is 5.74. The standard InChI is InChI=1S/C14H8BrCl2NOS/c1-6-2-11(20-14(6)15)13(19)8-5-18-10-4-7(16)3-9(17)12(8)10/h2-5,18H,1H3. The minimum absolute atomic E-state index is 0.0423. The number of carbonyl (C=O) groups excluding carboxylic acids is 1. The van der Waals surface area contributed by atoms with Crippen LogP contribution in [0.1, 0.15) is 20.8 Å². The molecule has 6 heteroatoms. The van der Waals surface area contributed by atoms with Gasteiger partial charge in [-0.2, -0.15) is 0 Å². The highest BCUT2D eigenvalue weighted by atomic mass is 79.9. The van der Waals surface area contributed by atoms with Crippen molar-refractivity contribution in [3.05, 3.63) is 54.2 Å².